The summed E-state index contributed by atoms with van der Waals surface area (Å²) in [5.41, 5.74) is 6.30. The van der Waals surface area contributed by atoms with Gasteiger partial charge in [-0.1, -0.05) is 12.8 Å². The van der Waals surface area contributed by atoms with Crippen molar-refractivity contribution in [3.8, 4) is 0 Å². The summed E-state index contributed by atoms with van der Waals surface area (Å²) in [5.74, 6) is 0.886. The van der Waals surface area contributed by atoms with E-state index < -0.39 is 0 Å². The Morgan fingerprint density at radius 1 is 1.47 bits per heavy atom. The number of amides is 1. The second-order valence-corrected chi connectivity index (χ2v) is 6.20. The molecule has 0 atom stereocenters. The van der Waals surface area contributed by atoms with Gasteiger partial charge in [-0.3, -0.25) is 4.79 Å². The summed E-state index contributed by atoms with van der Waals surface area (Å²) >= 11 is 1.27. The lowest BCUT2D eigenvalue weighted by molar-refractivity contribution is 0.0945. The first kappa shape index (κ1) is 14.1. The average Bonchev–Trinajstić information content (AvgIpc) is 2.94. The quantitative estimate of drug-likeness (QED) is 0.775. The zero-order chi connectivity index (χ0) is 13.8. The standard InChI is InChI=1S/C13H22N4OS/c1-8(2)16-12(18)10-11(14)17-19-13(10)15-7-9-5-3-4-6-9/h8-9,15H,3-7H2,1-2H3,(H2,14,17)(H,16,18). The number of rotatable bonds is 5. The number of nitrogen functional groups attached to an aromatic ring is 1. The van der Waals surface area contributed by atoms with E-state index in [4.69, 9.17) is 5.73 Å². The van der Waals surface area contributed by atoms with E-state index in [1.807, 2.05) is 13.8 Å². The van der Waals surface area contributed by atoms with Crippen LogP contribution >= 0.6 is 11.5 Å². The minimum Gasteiger partial charge on any atom is -0.382 e. The molecule has 1 amide bonds. The van der Waals surface area contributed by atoms with Crippen molar-refractivity contribution in [2.75, 3.05) is 17.6 Å². The van der Waals surface area contributed by atoms with Crippen molar-refractivity contribution >= 4 is 28.3 Å². The third kappa shape index (κ3) is 3.59. The fourth-order valence-electron chi connectivity index (χ4n) is 2.43. The highest BCUT2D eigenvalue weighted by molar-refractivity contribution is 7.11. The zero-order valence-corrected chi connectivity index (χ0v) is 12.3. The molecule has 2 rings (SSSR count). The van der Waals surface area contributed by atoms with E-state index in [0.29, 0.717) is 17.3 Å². The molecule has 19 heavy (non-hydrogen) atoms. The topological polar surface area (TPSA) is 80.0 Å². The first-order chi connectivity index (χ1) is 9.08. The van der Waals surface area contributed by atoms with Gasteiger partial charge in [0, 0.05) is 12.6 Å². The molecule has 4 N–H and O–H groups in total. The molecule has 0 aliphatic heterocycles. The van der Waals surface area contributed by atoms with E-state index in [1.165, 1.54) is 37.2 Å². The van der Waals surface area contributed by atoms with Crippen LogP contribution in [-0.4, -0.2) is 22.9 Å². The maximum Gasteiger partial charge on any atom is 0.258 e. The number of nitrogens with one attached hydrogen (secondary N) is 2. The maximum atomic E-state index is 12.1. The van der Waals surface area contributed by atoms with Gasteiger partial charge in [0.15, 0.2) is 5.82 Å². The molecule has 1 aromatic rings. The fourth-order valence-corrected chi connectivity index (χ4v) is 3.15. The van der Waals surface area contributed by atoms with Crippen LogP contribution in [0.3, 0.4) is 0 Å². The molecule has 0 saturated heterocycles. The Morgan fingerprint density at radius 3 is 2.79 bits per heavy atom. The second kappa shape index (κ2) is 6.23. The molecule has 0 spiro atoms. The number of aromatic nitrogens is 1. The van der Waals surface area contributed by atoms with Crippen LogP contribution in [0.25, 0.3) is 0 Å². The van der Waals surface area contributed by atoms with Gasteiger partial charge >= 0.3 is 0 Å². The highest BCUT2D eigenvalue weighted by atomic mass is 32.1. The van der Waals surface area contributed by atoms with Crippen molar-refractivity contribution in [1.82, 2.24) is 9.69 Å². The van der Waals surface area contributed by atoms with Crippen molar-refractivity contribution in [3.05, 3.63) is 5.56 Å². The number of hydrogen-bond donors (Lipinski definition) is 3. The number of carbonyl (C=O) groups excluding carboxylic acids is 1. The Kier molecular flexibility index (Phi) is 4.63. The van der Waals surface area contributed by atoms with Gasteiger partial charge < -0.3 is 16.4 Å². The van der Waals surface area contributed by atoms with Crippen molar-refractivity contribution in [2.24, 2.45) is 5.92 Å². The molecule has 0 radical (unpaired) electrons. The Bertz CT molecular complexity index is 438. The van der Waals surface area contributed by atoms with Crippen LogP contribution in [0.5, 0.6) is 0 Å². The minimum atomic E-state index is -0.143. The highest BCUT2D eigenvalue weighted by Gasteiger charge is 2.21. The Hall–Kier alpha value is -1.30. The van der Waals surface area contributed by atoms with E-state index in [2.05, 4.69) is 15.0 Å². The lowest BCUT2D eigenvalue weighted by atomic mass is 10.1. The van der Waals surface area contributed by atoms with Crippen LogP contribution in [0.15, 0.2) is 0 Å². The van der Waals surface area contributed by atoms with Crippen LogP contribution in [0, 0.1) is 5.92 Å². The molecular weight excluding hydrogens is 260 g/mol. The third-order valence-corrected chi connectivity index (χ3v) is 4.21. The van der Waals surface area contributed by atoms with E-state index >= 15 is 0 Å². The van der Waals surface area contributed by atoms with Crippen LogP contribution in [0.2, 0.25) is 0 Å². The van der Waals surface area contributed by atoms with Crippen molar-refractivity contribution in [3.63, 3.8) is 0 Å². The van der Waals surface area contributed by atoms with E-state index in [-0.39, 0.29) is 11.9 Å². The largest absolute Gasteiger partial charge is 0.382 e. The van der Waals surface area contributed by atoms with Crippen LogP contribution in [0.1, 0.15) is 49.9 Å². The van der Waals surface area contributed by atoms with Crippen LogP contribution in [0.4, 0.5) is 10.8 Å². The van der Waals surface area contributed by atoms with Gasteiger partial charge in [0.25, 0.3) is 5.91 Å². The average molecular weight is 282 g/mol. The van der Waals surface area contributed by atoms with Gasteiger partial charge in [-0.05, 0) is 44.1 Å². The SMILES string of the molecule is CC(C)NC(=O)c1c(N)nsc1NCC1CCCC1. The number of carbonyl (C=O) groups is 1. The van der Waals surface area contributed by atoms with E-state index in [1.54, 1.807) is 0 Å². The second-order valence-electron chi connectivity index (χ2n) is 5.43. The molecule has 0 bridgehead atoms. The Balaban J connectivity index is 2.01. The third-order valence-electron chi connectivity index (χ3n) is 3.39. The normalized spacial score (nSPS) is 15.9. The van der Waals surface area contributed by atoms with Gasteiger partial charge in [0.05, 0.1) is 0 Å². The molecule has 0 aromatic carbocycles. The lowest BCUT2D eigenvalue weighted by Gasteiger charge is -2.12. The molecule has 106 valence electrons. The summed E-state index contributed by atoms with van der Waals surface area (Å²) in [6.45, 7) is 4.77. The summed E-state index contributed by atoms with van der Waals surface area (Å²) in [6, 6.07) is 0.0921. The molecule has 1 aromatic heterocycles. The van der Waals surface area contributed by atoms with Gasteiger partial charge in [0.2, 0.25) is 0 Å². The summed E-state index contributed by atoms with van der Waals surface area (Å²) in [5, 5.41) is 7.00. The van der Waals surface area contributed by atoms with Crippen molar-refractivity contribution in [2.45, 2.75) is 45.6 Å². The molecular formula is C13H22N4OS. The summed E-state index contributed by atoms with van der Waals surface area (Å²) in [6.07, 6.45) is 5.18. The molecule has 1 heterocycles. The number of nitrogens with zero attached hydrogens (tertiary/aromatic N) is 1. The molecule has 1 aliphatic rings. The molecule has 1 saturated carbocycles. The maximum absolute atomic E-state index is 12.1. The van der Waals surface area contributed by atoms with Crippen LogP contribution < -0.4 is 16.4 Å². The first-order valence-corrected chi connectivity index (χ1v) is 7.65. The Labute approximate surface area is 118 Å². The predicted octanol–water partition coefficient (Wildman–Crippen LogP) is 2.47. The van der Waals surface area contributed by atoms with Gasteiger partial charge in [0.1, 0.15) is 10.6 Å². The highest BCUT2D eigenvalue weighted by Crippen LogP contribution is 2.29. The molecule has 1 aliphatic carbocycles. The summed E-state index contributed by atoms with van der Waals surface area (Å²) in [7, 11) is 0. The molecule has 0 unspecified atom stereocenters. The molecule has 1 fully saturated rings. The first-order valence-electron chi connectivity index (χ1n) is 6.87. The predicted molar refractivity (Wildman–Crippen MR) is 79.6 cm³/mol. The number of nitrogens with two attached hydrogens (primary N) is 1. The smallest absolute Gasteiger partial charge is 0.258 e. The minimum absolute atomic E-state index is 0.0921. The molecule has 6 heteroatoms. The van der Waals surface area contributed by atoms with Crippen LogP contribution in [-0.2, 0) is 0 Å². The summed E-state index contributed by atoms with van der Waals surface area (Å²) in [4.78, 5) is 12.1. The van der Waals surface area contributed by atoms with E-state index in [0.717, 1.165) is 11.5 Å². The van der Waals surface area contributed by atoms with Gasteiger partial charge in [-0.2, -0.15) is 4.37 Å². The van der Waals surface area contributed by atoms with Gasteiger partial charge in [-0.25, -0.2) is 0 Å². The monoisotopic (exact) mass is 282 g/mol. The van der Waals surface area contributed by atoms with Crippen molar-refractivity contribution < 1.29 is 4.79 Å². The fraction of sp³-hybridized carbons (Fsp3) is 0.692. The number of anilines is 2. The van der Waals surface area contributed by atoms with Gasteiger partial charge in [-0.15, -0.1) is 0 Å². The lowest BCUT2D eigenvalue weighted by Crippen LogP contribution is -2.31. The summed E-state index contributed by atoms with van der Waals surface area (Å²) < 4.78 is 4.09. The Morgan fingerprint density at radius 2 is 2.16 bits per heavy atom. The zero-order valence-electron chi connectivity index (χ0n) is 11.5. The van der Waals surface area contributed by atoms with Crippen molar-refractivity contribution in [1.29, 1.82) is 0 Å². The number of hydrogen-bond acceptors (Lipinski definition) is 5. The van der Waals surface area contributed by atoms with E-state index in [9.17, 15) is 4.79 Å². The molecule has 5 nitrogen and oxygen atoms in total.